The average Bonchev–Trinajstić information content (AvgIpc) is 3.15. The number of thiophene rings is 1. The third-order valence-electron chi connectivity index (χ3n) is 4.28. The van der Waals surface area contributed by atoms with Gasteiger partial charge in [-0.15, -0.1) is 11.3 Å². The molecule has 0 aliphatic rings. The van der Waals surface area contributed by atoms with Gasteiger partial charge in [0.05, 0.1) is 16.9 Å². The fourth-order valence-corrected chi connectivity index (χ4v) is 4.26. The summed E-state index contributed by atoms with van der Waals surface area (Å²) in [5.74, 6) is 0.444. The quantitative estimate of drug-likeness (QED) is 0.244. The third kappa shape index (κ3) is 8.16. The maximum Gasteiger partial charge on any atom is 0.243 e. The zero-order valence-corrected chi connectivity index (χ0v) is 18.9. The van der Waals surface area contributed by atoms with Crippen molar-refractivity contribution in [3.8, 4) is 5.75 Å². The molecule has 0 atom stereocenters. The minimum atomic E-state index is -0.397. The molecule has 158 valence electrons. The Kier molecular flexibility index (Phi) is 10.2. The van der Waals surface area contributed by atoms with E-state index in [1.54, 1.807) is 21.7 Å². The highest BCUT2D eigenvalue weighted by atomic mass is 79.9. The molecule has 2 aromatic rings. The van der Waals surface area contributed by atoms with Crippen molar-refractivity contribution in [1.29, 1.82) is 0 Å². The highest BCUT2D eigenvalue weighted by molar-refractivity contribution is 9.11. The van der Waals surface area contributed by atoms with Gasteiger partial charge in [0.15, 0.2) is 0 Å². The Morgan fingerprint density at radius 3 is 2.45 bits per heavy atom. The number of unbranched alkanes of at least 4 members (excludes halogenated alkanes) is 2. The molecule has 1 heterocycles. The lowest BCUT2D eigenvalue weighted by atomic mass is 10.1. The summed E-state index contributed by atoms with van der Waals surface area (Å²) in [5, 5.41) is 8.52. The van der Waals surface area contributed by atoms with Crippen LogP contribution in [-0.2, 0) is 16.1 Å². The van der Waals surface area contributed by atoms with E-state index in [4.69, 9.17) is 9.94 Å². The van der Waals surface area contributed by atoms with E-state index in [1.807, 2.05) is 36.4 Å². The molecule has 0 aliphatic carbocycles. The monoisotopic (exact) mass is 482 g/mol. The number of rotatable bonds is 12. The molecule has 2 N–H and O–H groups in total. The number of hydrogen-bond acceptors (Lipinski definition) is 5. The van der Waals surface area contributed by atoms with Gasteiger partial charge in [-0.3, -0.25) is 14.8 Å². The van der Waals surface area contributed by atoms with Crippen molar-refractivity contribution in [2.45, 2.75) is 52.0 Å². The molecule has 29 heavy (non-hydrogen) atoms. The van der Waals surface area contributed by atoms with Crippen LogP contribution in [0.15, 0.2) is 40.2 Å². The molecule has 6 nitrogen and oxygen atoms in total. The molecule has 0 aliphatic heterocycles. The number of nitrogens with one attached hydrogen (secondary N) is 1. The molecule has 2 rings (SSSR count). The molecule has 8 heteroatoms. The summed E-state index contributed by atoms with van der Waals surface area (Å²) in [7, 11) is 0. The highest BCUT2D eigenvalue weighted by Gasteiger charge is 2.17. The van der Waals surface area contributed by atoms with Crippen molar-refractivity contribution in [2.24, 2.45) is 0 Å². The van der Waals surface area contributed by atoms with Gasteiger partial charge in [-0.05, 0) is 71.6 Å². The Hall–Kier alpha value is -1.90. The fourth-order valence-electron chi connectivity index (χ4n) is 2.79. The lowest BCUT2D eigenvalue weighted by Gasteiger charge is -2.23. The predicted octanol–water partition coefficient (Wildman–Crippen LogP) is 5.29. The first-order chi connectivity index (χ1) is 14.0. The van der Waals surface area contributed by atoms with Gasteiger partial charge < -0.3 is 9.64 Å². The standard InChI is InChI=1S/C21H27BrN2O4S/c1-2-14-28-17-10-8-16(9-11-17)24(15-18-12-13-19(22)29-18)21(26)7-5-3-4-6-20(25)23-27/h8-13,27H,2-7,14-15H2,1H3,(H,23,25). The largest absolute Gasteiger partial charge is 0.494 e. The minimum Gasteiger partial charge on any atom is -0.494 e. The number of anilines is 1. The van der Waals surface area contributed by atoms with Crippen LogP contribution in [0, 0.1) is 0 Å². The predicted molar refractivity (Wildman–Crippen MR) is 118 cm³/mol. The van der Waals surface area contributed by atoms with E-state index in [0.717, 1.165) is 32.9 Å². The van der Waals surface area contributed by atoms with Crippen LogP contribution in [0.3, 0.4) is 0 Å². The number of carbonyl (C=O) groups is 2. The second-order valence-corrected chi connectivity index (χ2v) is 9.17. The Balaban J connectivity index is 2.00. The first kappa shape index (κ1) is 23.4. The lowest BCUT2D eigenvalue weighted by molar-refractivity contribution is -0.129. The number of ether oxygens (including phenoxy) is 1. The van der Waals surface area contributed by atoms with Crippen LogP contribution in [0.25, 0.3) is 0 Å². The first-order valence-corrected chi connectivity index (χ1v) is 11.3. The molecular weight excluding hydrogens is 456 g/mol. The minimum absolute atomic E-state index is 0.0448. The van der Waals surface area contributed by atoms with E-state index in [2.05, 4.69) is 22.9 Å². The van der Waals surface area contributed by atoms with Crippen molar-refractivity contribution in [3.05, 3.63) is 45.1 Å². The zero-order valence-electron chi connectivity index (χ0n) is 16.5. The van der Waals surface area contributed by atoms with Crippen LogP contribution in [0.4, 0.5) is 5.69 Å². The number of hydrogen-bond donors (Lipinski definition) is 2. The Bertz CT molecular complexity index is 779. The van der Waals surface area contributed by atoms with Crippen LogP contribution in [-0.4, -0.2) is 23.6 Å². The Morgan fingerprint density at radius 1 is 1.10 bits per heavy atom. The van der Waals surface area contributed by atoms with Gasteiger partial charge in [0, 0.05) is 23.4 Å². The number of benzene rings is 1. The highest BCUT2D eigenvalue weighted by Crippen LogP contribution is 2.27. The van der Waals surface area contributed by atoms with Crippen LogP contribution >= 0.6 is 27.3 Å². The van der Waals surface area contributed by atoms with Gasteiger partial charge >= 0.3 is 0 Å². The number of hydroxylamine groups is 1. The Labute approximate surface area is 184 Å². The van der Waals surface area contributed by atoms with Gasteiger partial charge in [-0.1, -0.05) is 13.3 Å². The topological polar surface area (TPSA) is 78.9 Å². The van der Waals surface area contributed by atoms with E-state index in [-0.39, 0.29) is 12.3 Å². The molecule has 1 aromatic heterocycles. The maximum absolute atomic E-state index is 12.9. The molecule has 0 unspecified atom stereocenters. The number of carbonyl (C=O) groups excluding carboxylic acids is 2. The third-order valence-corrected chi connectivity index (χ3v) is 5.89. The Morgan fingerprint density at radius 2 is 1.83 bits per heavy atom. The molecule has 0 bridgehead atoms. The van der Waals surface area contributed by atoms with Gasteiger partial charge in [0.25, 0.3) is 0 Å². The summed E-state index contributed by atoms with van der Waals surface area (Å²) in [4.78, 5) is 26.9. The van der Waals surface area contributed by atoms with Crippen LogP contribution in [0.5, 0.6) is 5.75 Å². The number of amides is 2. The summed E-state index contributed by atoms with van der Waals surface area (Å²) in [6.07, 6.45) is 3.69. The molecular formula is C21H27BrN2O4S. The molecule has 0 spiro atoms. The first-order valence-electron chi connectivity index (χ1n) is 9.74. The van der Waals surface area contributed by atoms with Crippen molar-refractivity contribution in [3.63, 3.8) is 0 Å². The van der Waals surface area contributed by atoms with E-state index < -0.39 is 5.91 Å². The smallest absolute Gasteiger partial charge is 0.243 e. The van der Waals surface area contributed by atoms with Crippen LogP contribution in [0.2, 0.25) is 0 Å². The SMILES string of the molecule is CCCOc1ccc(N(Cc2ccc(Br)s2)C(=O)CCCCCC(=O)NO)cc1. The van der Waals surface area contributed by atoms with Crippen molar-refractivity contribution >= 4 is 44.8 Å². The van der Waals surface area contributed by atoms with Gasteiger partial charge in [-0.25, -0.2) is 5.48 Å². The molecule has 1 aromatic carbocycles. The number of halogens is 1. The number of nitrogens with zero attached hydrogens (tertiary/aromatic N) is 1. The van der Waals surface area contributed by atoms with Crippen LogP contribution in [0.1, 0.15) is 50.3 Å². The summed E-state index contributed by atoms with van der Waals surface area (Å²) in [6, 6.07) is 11.6. The molecule has 0 radical (unpaired) electrons. The zero-order chi connectivity index (χ0) is 21.1. The molecule has 0 fully saturated rings. The average molecular weight is 483 g/mol. The van der Waals surface area contributed by atoms with Crippen molar-refractivity contribution < 1.29 is 19.5 Å². The van der Waals surface area contributed by atoms with E-state index in [1.165, 1.54) is 0 Å². The summed E-state index contributed by atoms with van der Waals surface area (Å²) < 4.78 is 6.67. The fraction of sp³-hybridized carbons (Fsp3) is 0.429. The summed E-state index contributed by atoms with van der Waals surface area (Å²) >= 11 is 5.08. The molecule has 2 amide bonds. The van der Waals surface area contributed by atoms with Gasteiger partial charge in [0.1, 0.15) is 5.75 Å². The van der Waals surface area contributed by atoms with Crippen molar-refractivity contribution in [2.75, 3.05) is 11.5 Å². The maximum atomic E-state index is 12.9. The van der Waals surface area contributed by atoms with E-state index in [0.29, 0.717) is 32.4 Å². The molecule has 0 saturated carbocycles. The van der Waals surface area contributed by atoms with Crippen LogP contribution < -0.4 is 15.1 Å². The summed E-state index contributed by atoms with van der Waals surface area (Å²) in [5.41, 5.74) is 2.46. The van der Waals surface area contributed by atoms with E-state index in [9.17, 15) is 9.59 Å². The molecule has 0 saturated heterocycles. The normalized spacial score (nSPS) is 10.6. The lowest BCUT2D eigenvalue weighted by Crippen LogP contribution is -2.29. The second kappa shape index (κ2) is 12.6. The van der Waals surface area contributed by atoms with Gasteiger partial charge in [-0.2, -0.15) is 0 Å². The second-order valence-electron chi connectivity index (χ2n) is 6.62. The van der Waals surface area contributed by atoms with E-state index >= 15 is 0 Å². The van der Waals surface area contributed by atoms with Gasteiger partial charge in [0.2, 0.25) is 11.8 Å². The summed E-state index contributed by atoms with van der Waals surface area (Å²) in [6.45, 7) is 3.24. The van der Waals surface area contributed by atoms with Crippen molar-refractivity contribution in [1.82, 2.24) is 5.48 Å².